The van der Waals surface area contributed by atoms with Gasteiger partial charge in [0.05, 0.1) is 5.52 Å². The number of fused-ring (bicyclic) bond motifs is 1. The molecule has 1 saturated heterocycles. The molecule has 1 atom stereocenters. The predicted octanol–water partition coefficient (Wildman–Crippen LogP) is 4.03. The van der Waals surface area contributed by atoms with Gasteiger partial charge in [-0.05, 0) is 55.6 Å². The number of aromatic nitrogens is 3. The number of amides is 1. The second-order valence-electron chi connectivity index (χ2n) is 9.38. The average Bonchev–Trinajstić information content (AvgIpc) is 3.15. The summed E-state index contributed by atoms with van der Waals surface area (Å²) in [6.07, 6.45) is 6.55. The molecule has 0 N–H and O–H groups in total. The van der Waals surface area contributed by atoms with Crippen LogP contribution in [0.1, 0.15) is 27.3 Å². The molecule has 2 aromatic carbocycles. The molecule has 3 heterocycles. The number of nitrogens with zero attached hydrogens (tertiary/aromatic N) is 5. The molecule has 0 radical (unpaired) electrons. The zero-order valence-corrected chi connectivity index (χ0v) is 19.9. The van der Waals surface area contributed by atoms with Gasteiger partial charge in [0.15, 0.2) is 0 Å². The number of pyridine rings is 1. The highest BCUT2D eigenvalue weighted by molar-refractivity contribution is 5.94. The van der Waals surface area contributed by atoms with Gasteiger partial charge in [0, 0.05) is 62.3 Å². The molecule has 1 aliphatic rings. The maximum absolute atomic E-state index is 13.6. The summed E-state index contributed by atoms with van der Waals surface area (Å²) in [5, 5.41) is 1.17. The lowest BCUT2D eigenvalue weighted by Gasteiger charge is -2.25. The minimum absolute atomic E-state index is 0.112. The van der Waals surface area contributed by atoms with E-state index < -0.39 is 0 Å². The molecule has 5 rings (SSSR count). The van der Waals surface area contributed by atoms with Crippen LogP contribution in [0.25, 0.3) is 10.9 Å². The van der Waals surface area contributed by atoms with Crippen LogP contribution in [-0.2, 0) is 13.0 Å². The highest BCUT2D eigenvalue weighted by Crippen LogP contribution is 2.22. The maximum Gasteiger partial charge on any atom is 0.253 e. The van der Waals surface area contributed by atoms with E-state index in [1.807, 2.05) is 54.7 Å². The molecule has 6 nitrogen and oxygen atoms in total. The monoisotopic (exact) mass is 453 g/mol. The van der Waals surface area contributed by atoms with E-state index in [-0.39, 0.29) is 5.91 Å². The summed E-state index contributed by atoms with van der Waals surface area (Å²) in [5.74, 6) is 1.43. The SMILES string of the molecule is Cc1nccn1Cc1cccc(C(=O)N2CCN(C)CC(Cc3cccc4cccnc34)C2)c1. The van der Waals surface area contributed by atoms with Crippen molar-refractivity contribution in [1.82, 2.24) is 24.3 Å². The quantitative estimate of drug-likeness (QED) is 0.458. The Morgan fingerprint density at radius 2 is 1.85 bits per heavy atom. The first kappa shape index (κ1) is 22.3. The Morgan fingerprint density at radius 3 is 2.71 bits per heavy atom. The van der Waals surface area contributed by atoms with E-state index in [4.69, 9.17) is 0 Å². The predicted molar refractivity (Wildman–Crippen MR) is 135 cm³/mol. The van der Waals surface area contributed by atoms with Crippen LogP contribution in [0.2, 0.25) is 0 Å². The number of rotatable bonds is 5. The summed E-state index contributed by atoms with van der Waals surface area (Å²) in [4.78, 5) is 26.9. The molecule has 1 aliphatic heterocycles. The van der Waals surface area contributed by atoms with E-state index in [0.717, 1.165) is 55.1 Å². The van der Waals surface area contributed by atoms with Gasteiger partial charge in [-0.3, -0.25) is 9.78 Å². The summed E-state index contributed by atoms with van der Waals surface area (Å²) < 4.78 is 2.10. The third kappa shape index (κ3) is 4.87. The number of likely N-dealkylation sites (N-methyl/N-ethyl adjacent to an activating group) is 1. The van der Waals surface area contributed by atoms with Gasteiger partial charge in [0.1, 0.15) is 5.82 Å². The van der Waals surface area contributed by atoms with Crippen molar-refractivity contribution in [2.45, 2.75) is 19.9 Å². The van der Waals surface area contributed by atoms with Crippen molar-refractivity contribution in [3.8, 4) is 0 Å². The third-order valence-electron chi connectivity index (χ3n) is 6.76. The Hall–Kier alpha value is -3.51. The van der Waals surface area contributed by atoms with E-state index >= 15 is 0 Å². The van der Waals surface area contributed by atoms with Gasteiger partial charge in [-0.15, -0.1) is 0 Å². The average molecular weight is 454 g/mol. The number of carbonyl (C=O) groups is 1. The van der Waals surface area contributed by atoms with Gasteiger partial charge in [0.2, 0.25) is 0 Å². The van der Waals surface area contributed by atoms with Crippen LogP contribution in [0, 0.1) is 12.8 Å². The maximum atomic E-state index is 13.6. The smallest absolute Gasteiger partial charge is 0.253 e. The number of carbonyl (C=O) groups excluding carboxylic acids is 1. The summed E-state index contributed by atoms with van der Waals surface area (Å²) in [6, 6.07) is 18.5. The highest BCUT2D eigenvalue weighted by Gasteiger charge is 2.26. The standard InChI is InChI=1S/C28H31N5O/c1-21-29-12-13-32(21)19-22-6-3-9-26(16-22)28(34)33-15-14-31(2)18-23(20-33)17-25-8-4-7-24-10-5-11-30-27(24)25/h3-13,16,23H,14-15,17-20H2,1-2H3. The minimum atomic E-state index is 0.112. The highest BCUT2D eigenvalue weighted by atomic mass is 16.2. The molecule has 0 saturated carbocycles. The first-order valence-electron chi connectivity index (χ1n) is 11.9. The second-order valence-corrected chi connectivity index (χ2v) is 9.38. The largest absolute Gasteiger partial charge is 0.337 e. The molecular formula is C28H31N5O. The molecule has 1 unspecified atom stereocenters. The number of para-hydroxylation sites is 1. The van der Waals surface area contributed by atoms with Crippen LogP contribution in [-0.4, -0.2) is 63.5 Å². The molecule has 1 amide bonds. The van der Waals surface area contributed by atoms with Crippen LogP contribution >= 0.6 is 0 Å². The Morgan fingerprint density at radius 1 is 1.00 bits per heavy atom. The van der Waals surface area contributed by atoms with Gasteiger partial charge in [-0.1, -0.05) is 36.4 Å². The molecule has 2 aromatic heterocycles. The number of hydrogen-bond acceptors (Lipinski definition) is 4. The normalized spacial score (nSPS) is 17.1. The summed E-state index contributed by atoms with van der Waals surface area (Å²) in [6.45, 7) is 6.04. The summed E-state index contributed by atoms with van der Waals surface area (Å²) in [7, 11) is 2.15. The lowest BCUT2D eigenvalue weighted by atomic mass is 9.96. The van der Waals surface area contributed by atoms with Gasteiger partial charge in [0.25, 0.3) is 5.91 Å². The van der Waals surface area contributed by atoms with Crippen LogP contribution in [0.15, 0.2) is 73.2 Å². The van der Waals surface area contributed by atoms with Gasteiger partial charge in [-0.25, -0.2) is 4.98 Å². The molecule has 0 bridgehead atoms. The first-order valence-corrected chi connectivity index (χ1v) is 11.9. The molecule has 0 spiro atoms. The Bertz CT molecular complexity index is 1290. The number of hydrogen-bond donors (Lipinski definition) is 0. The second kappa shape index (κ2) is 9.77. The van der Waals surface area contributed by atoms with Crippen molar-refractivity contribution in [1.29, 1.82) is 0 Å². The van der Waals surface area contributed by atoms with Crippen LogP contribution in [0.5, 0.6) is 0 Å². The fourth-order valence-corrected chi connectivity index (χ4v) is 4.99. The molecule has 0 aliphatic carbocycles. The van der Waals surface area contributed by atoms with Crippen molar-refractivity contribution >= 4 is 16.8 Å². The van der Waals surface area contributed by atoms with Crippen LogP contribution in [0.3, 0.4) is 0 Å². The summed E-state index contributed by atoms with van der Waals surface area (Å²) >= 11 is 0. The van der Waals surface area contributed by atoms with E-state index in [9.17, 15) is 4.79 Å². The molecule has 174 valence electrons. The van der Waals surface area contributed by atoms with Crippen molar-refractivity contribution in [2.24, 2.45) is 5.92 Å². The van der Waals surface area contributed by atoms with Gasteiger partial charge >= 0.3 is 0 Å². The van der Waals surface area contributed by atoms with Crippen LogP contribution in [0.4, 0.5) is 0 Å². The Labute approximate surface area is 200 Å². The van der Waals surface area contributed by atoms with Crippen molar-refractivity contribution in [2.75, 3.05) is 33.2 Å². The number of imidazole rings is 1. The van der Waals surface area contributed by atoms with E-state index in [0.29, 0.717) is 12.5 Å². The Kier molecular flexibility index (Phi) is 6.41. The Balaban J connectivity index is 1.34. The molecule has 6 heteroatoms. The van der Waals surface area contributed by atoms with E-state index in [2.05, 4.69) is 56.8 Å². The molecule has 4 aromatic rings. The third-order valence-corrected chi connectivity index (χ3v) is 6.76. The zero-order valence-electron chi connectivity index (χ0n) is 19.9. The fourth-order valence-electron chi connectivity index (χ4n) is 4.99. The van der Waals surface area contributed by atoms with Gasteiger partial charge in [-0.2, -0.15) is 0 Å². The topological polar surface area (TPSA) is 54.3 Å². The van der Waals surface area contributed by atoms with Gasteiger partial charge < -0.3 is 14.4 Å². The van der Waals surface area contributed by atoms with E-state index in [1.165, 1.54) is 10.9 Å². The van der Waals surface area contributed by atoms with Crippen LogP contribution < -0.4 is 0 Å². The van der Waals surface area contributed by atoms with Crippen molar-refractivity contribution in [3.63, 3.8) is 0 Å². The fraction of sp³-hybridized carbons (Fsp3) is 0.321. The van der Waals surface area contributed by atoms with Crippen molar-refractivity contribution in [3.05, 3.63) is 95.7 Å². The minimum Gasteiger partial charge on any atom is -0.337 e. The van der Waals surface area contributed by atoms with Crippen molar-refractivity contribution < 1.29 is 4.79 Å². The zero-order chi connectivity index (χ0) is 23.5. The molecular weight excluding hydrogens is 422 g/mol. The lowest BCUT2D eigenvalue weighted by Crippen LogP contribution is -2.36. The number of aryl methyl sites for hydroxylation is 1. The first-order chi connectivity index (χ1) is 16.6. The number of benzene rings is 2. The van der Waals surface area contributed by atoms with E-state index in [1.54, 1.807) is 0 Å². The summed E-state index contributed by atoms with van der Waals surface area (Å²) in [5.41, 5.74) is 4.18. The lowest BCUT2D eigenvalue weighted by molar-refractivity contribution is 0.0746. The molecule has 34 heavy (non-hydrogen) atoms. The molecule has 1 fully saturated rings.